The van der Waals surface area contributed by atoms with E-state index in [0.29, 0.717) is 29.6 Å². The maximum absolute atomic E-state index is 13.2. The first kappa shape index (κ1) is 23.2. The molecule has 0 bridgehead atoms. The number of rotatable bonds is 6. The van der Waals surface area contributed by atoms with Crippen molar-refractivity contribution in [2.45, 2.75) is 45.6 Å². The summed E-state index contributed by atoms with van der Waals surface area (Å²) in [4.78, 5) is 26.9. The molecule has 0 atom stereocenters. The topological polar surface area (TPSA) is 64.4 Å². The van der Waals surface area contributed by atoms with Gasteiger partial charge >= 0.3 is 5.97 Å². The lowest BCUT2D eigenvalue weighted by Crippen LogP contribution is -2.50. The summed E-state index contributed by atoms with van der Waals surface area (Å²) in [5.41, 5.74) is 1.96. The number of piperidine rings is 1. The van der Waals surface area contributed by atoms with Gasteiger partial charge in [-0.2, -0.15) is 5.10 Å². The average Bonchev–Trinajstić information content (AvgIpc) is 2.79. The van der Waals surface area contributed by atoms with Gasteiger partial charge in [0, 0.05) is 41.5 Å². The number of carbonyl (C=O) groups excluding carboxylic acids is 1. The molecule has 7 heteroatoms. The highest BCUT2D eigenvalue weighted by Crippen LogP contribution is 2.20. The number of aromatic nitrogens is 2. The van der Waals surface area contributed by atoms with Gasteiger partial charge in [0.15, 0.2) is 0 Å². The van der Waals surface area contributed by atoms with Crippen molar-refractivity contribution in [2.24, 2.45) is 0 Å². The Morgan fingerprint density at radius 3 is 2.39 bits per heavy atom. The molecule has 2 heterocycles. The molecule has 0 radical (unpaired) electrons. The molecule has 2 aromatic rings. The van der Waals surface area contributed by atoms with Gasteiger partial charge in [-0.15, -0.1) is 0 Å². The van der Waals surface area contributed by atoms with E-state index in [2.05, 4.69) is 4.90 Å². The minimum absolute atomic E-state index is 0.0385. The number of halogens is 1. The van der Waals surface area contributed by atoms with Crippen molar-refractivity contribution in [3.8, 4) is 0 Å². The van der Waals surface area contributed by atoms with Crippen LogP contribution >= 0.6 is 11.6 Å². The molecule has 1 fully saturated rings. The second-order valence-corrected chi connectivity index (χ2v) is 8.24. The lowest BCUT2D eigenvalue weighted by molar-refractivity contribution is -0.141. The standard InChI is InChI=1S/C24H30ClN3O3/c1-4-20-21(5-2)24(30)28(26-22(20)16-17-6-8-18(25)9-7-17)19-10-13-27(14-11-19)15-12-23(29)31-3/h4-9,19H,10-16H2,1-3H3. The molecular weight excluding hydrogens is 414 g/mol. The molecule has 1 aliphatic rings. The quantitative estimate of drug-likeness (QED) is 0.641. The Labute approximate surface area is 187 Å². The van der Waals surface area contributed by atoms with Gasteiger partial charge in [-0.25, -0.2) is 4.68 Å². The van der Waals surface area contributed by atoms with Crippen LogP contribution in [-0.2, 0) is 16.0 Å². The van der Waals surface area contributed by atoms with E-state index in [1.807, 2.05) is 50.3 Å². The van der Waals surface area contributed by atoms with Crippen molar-refractivity contribution in [3.05, 3.63) is 61.3 Å². The zero-order valence-corrected chi connectivity index (χ0v) is 19.2. The van der Waals surface area contributed by atoms with Crippen LogP contribution in [0.2, 0.25) is 5.02 Å². The number of methoxy groups -OCH3 is 1. The van der Waals surface area contributed by atoms with Crippen molar-refractivity contribution in [1.82, 2.24) is 14.7 Å². The van der Waals surface area contributed by atoms with Crippen LogP contribution < -0.4 is 16.0 Å². The largest absolute Gasteiger partial charge is 0.469 e. The highest BCUT2D eigenvalue weighted by Gasteiger charge is 2.23. The summed E-state index contributed by atoms with van der Waals surface area (Å²) in [6.07, 6.45) is 6.53. The van der Waals surface area contributed by atoms with Gasteiger partial charge < -0.3 is 9.64 Å². The van der Waals surface area contributed by atoms with Crippen LogP contribution in [0.1, 0.15) is 50.4 Å². The molecule has 166 valence electrons. The minimum atomic E-state index is -0.193. The number of carbonyl (C=O) groups is 1. The lowest BCUT2D eigenvalue weighted by Gasteiger charge is -2.32. The monoisotopic (exact) mass is 443 g/mol. The Hall–Kier alpha value is -2.44. The SMILES string of the molecule is CC=c1c(Cc2ccc(Cl)cc2)nn(C2CCN(CCC(=O)OC)CC2)c(=O)c1=CC. The van der Waals surface area contributed by atoms with E-state index >= 15 is 0 Å². The van der Waals surface area contributed by atoms with Crippen molar-refractivity contribution in [1.29, 1.82) is 0 Å². The molecule has 1 saturated heterocycles. The van der Waals surface area contributed by atoms with Gasteiger partial charge in [-0.1, -0.05) is 35.9 Å². The fourth-order valence-corrected chi connectivity index (χ4v) is 4.26. The van der Waals surface area contributed by atoms with E-state index in [1.165, 1.54) is 7.11 Å². The molecule has 0 unspecified atom stereocenters. The Bertz CT molecular complexity index is 1080. The van der Waals surface area contributed by atoms with E-state index in [4.69, 9.17) is 21.4 Å². The molecule has 1 aromatic carbocycles. The third kappa shape index (κ3) is 5.63. The summed E-state index contributed by atoms with van der Waals surface area (Å²) in [6, 6.07) is 7.79. The summed E-state index contributed by atoms with van der Waals surface area (Å²) >= 11 is 6.03. The Morgan fingerprint density at radius 1 is 1.16 bits per heavy atom. The maximum atomic E-state index is 13.2. The van der Waals surface area contributed by atoms with Gasteiger partial charge in [0.2, 0.25) is 0 Å². The van der Waals surface area contributed by atoms with E-state index in [0.717, 1.165) is 42.4 Å². The number of benzene rings is 1. The van der Waals surface area contributed by atoms with E-state index < -0.39 is 0 Å². The average molecular weight is 444 g/mol. The summed E-state index contributed by atoms with van der Waals surface area (Å²) in [5.74, 6) is -0.193. The summed E-state index contributed by atoms with van der Waals surface area (Å²) in [7, 11) is 1.41. The zero-order chi connectivity index (χ0) is 22.4. The zero-order valence-electron chi connectivity index (χ0n) is 18.4. The van der Waals surface area contributed by atoms with Crippen LogP contribution in [0.4, 0.5) is 0 Å². The third-order valence-electron chi connectivity index (χ3n) is 5.89. The number of hydrogen-bond donors (Lipinski definition) is 0. The number of nitrogens with zero attached hydrogens (tertiary/aromatic N) is 3. The normalized spacial score (nSPS) is 16.6. The molecule has 1 aromatic heterocycles. The Kier molecular flexibility index (Phi) is 8.04. The second kappa shape index (κ2) is 10.7. The van der Waals surface area contributed by atoms with Crippen LogP contribution in [0, 0.1) is 0 Å². The van der Waals surface area contributed by atoms with Gasteiger partial charge in [0.25, 0.3) is 5.56 Å². The Balaban J connectivity index is 1.87. The third-order valence-corrected chi connectivity index (χ3v) is 6.14. The molecular formula is C24H30ClN3O3. The lowest BCUT2D eigenvalue weighted by atomic mass is 10.0. The molecule has 6 nitrogen and oxygen atoms in total. The molecule has 0 amide bonds. The minimum Gasteiger partial charge on any atom is -0.469 e. The maximum Gasteiger partial charge on any atom is 0.306 e. The Morgan fingerprint density at radius 2 is 1.81 bits per heavy atom. The number of hydrogen-bond acceptors (Lipinski definition) is 5. The highest BCUT2D eigenvalue weighted by molar-refractivity contribution is 6.30. The van der Waals surface area contributed by atoms with Crippen molar-refractivity contribution in [2.75, 3.05) is 26.7 Å². The van der Waals surface area contributed by atoms with Crippen LogP contribution in [0.25, 0.3) is 12.2 Å². The van der Waals surface area contributed by atoms with Crippen LogP contribution in [0.15, 0.2) is 29.1 Å². The molecule has 3 rings (SSSR count). The predicted octanol–water partition coefficient (Wildman–Crippen LogP) is 2.29. The van der Waals surface area contributed by atoms with E-state index in [9.17, 15) is 9.59 Å². The van der Waals surface area contributed by atoms with Crippen molar-refractivity contribution >= 4 is 29.7 Å². The van der Waals surface area contributed by atoms with Crippen LogP contribution in [0.5, 0.6) is 0 Å². The van der Waals surface area contributed by atoms with Crippen LogP contribution in [-0.4, -0.2) is 47.4 Å². The number of esters is 1. The number of ether oxygens (including phenoxy) is 1. The van der Waals surface area contributed by atoms with E-state index in [-0.39, 0.29) is 17.6 Å². The number of likely N-dealkylation sites (tertiary alicyclic amines) is 1. The smallest absolute Gasteiger partial charge is 0.306 e. The molecule has 0 N–H and O–H groups in total. The van der Waals surface area contributed by atoms with Gasteiger partial charge in [0.1, 0.15) is 0 Å². The van der Waals surface area contributed by atoms with Crippen molar-refractivity contribution in [3.63, 3.8) is 0 Å². The summed E-state index contributed by atoms with van der Waals surface area (Å²) < 4.78 is 6.41. The van der Waals surface area contributed by atoms with Crippen LogP contribution in [0.3, 0.4) is 0 Å². The van der Waals surface area contributed by atoms with Gasteiger partial charge in [-0.3, -0.25) is 9.59 Å². The fourth-order valence-electron chi connectivity index (χ4n) is 4.14. The molecule has 0 spiro atoms. The molecule has 1 aliphatic heterocycles. The summed E-state index contributed by atoms with van der Waals surface area (Å²) in [5, 5.41) is 7.13. The van der Waals surface area contributed by atoms with E-state index in [1.54, 1.807) is 4.68 Å². The highest BCUT2D eigenvalue weighted by atomic mass is 35.5. The molecule has 0 saturated carbocycles. The predicted molar refractivity (Wildman–Crippen MR) is 124 cm³/mol. The second-order valence-electron chi connectivity index (χ2n) is 7.80. The first-order chi connectivity index (χ1) is 15.0. The van der Waals surface area contributed by atoms with Gasteiger partial charge in [0.05, 0.1) is 25.3 Å². The first-order valence-electron chi connectivity index (χ1n) is 10.7. The molecule has 0 aliphatic carbocycles. The fraction of sp³-hybridized carbons (Fsp3) is 0.458. The van der Waals surface area contributed by atoms with Gasteiger partial charge in [-0.05, 0) is 44.4 Å². The summed E-state index contributed by atoms with van der Waals surface area (Å²) in [6.45, 7) is 6.18. The first-order valence-corrected chi connectivity index (χ1v) is 11.1. The molecule has 31 heavy (non-hydrogen) atoms. The van der Waals surface area contributed by atoms with Crippen molar-refractivity contribution < 1.29 is 9.53 Å².